The van der Waals surface area contributed by atoms with Gasteiger partial charge in [0.05, 0.1) is 10.7 Å². The zero-order valence-corrected chi connectivity index (χ0v) is 14.8. The molecule has 0 fully saturated rings. The molecule has 0 radical (unpaired) electrons. The van der Waals surface area contributed by atoms with E-state index < -0.39 is 5.56 Å². The highest BCUT2D eigenvalue weighted by Crippen LogP contribution is 2.18. The molecule has 1 aromatic carbocycles. The first-order valence-electron chi connectivity index (χ1n) is 8.40. The molecule has 0 atom stereocenters. The lowest BCUT2D eigenvalue weighted by atomic mass is 10.2. The van der Waals surface area contributed by atoms with Gasteiger partial charge in [-0.2, -0.15) is 0 Å². The maximum atomic E-state index is 12.2. The number of fused-ring (bicyclic) bond motifs is 1. The minimum Gasteiger partial charge on any atom is -0.494 e. The summed E-state index contributed by atoms with van der Waals surface area (Å²) >= 11 is 5.18. The molecular weight excluding hydrogens is 336 g/mol. The second-order valence-corrected chi connectivity index (χ2v) is 6.31. The SMILES string of the molecule is CCCCCCn1c(O)c(C=C2N=c3ccccc3=N2)c(=O)[nH]c1=S. The number of nitrogens with one attached hydrogen (secondary N) is 1. The van der Waals surface area contributed by atoms with Crippen molar-refractivity contribution in [2.24, 2.45) is 9.98 Å². The molecule has 6 nitrogen and oxygen atoms in total. The second kappa shape index (κ2) is 7.57. The summed E-state index contributed by atoms with van der Waals surface area (Å²) < 4.78 is 1.78. The fourth-order valence-electron chi connectivity index (χ4n) is 2.73. The molecule has 0 saturated carbocycles. The number of H-pyrrole nitrogens is 1. The van der Waals surface area contributed by atoms with Gasteiger partial charge in [0, 0.05) is 12.6 Å². The maximum Gasteiger partial charge on any atom is 0.262 e. The summed E-state index contributed by atoms with van der Waals surface area (Å²) in [6.07, 6.45) is 5.69. The molecular formula is C18H20N4O2S. The zero-order valence-electron chi connectivity index (χ0n) is 14.0. The van der Waals surface area contributed by atoms with Gasteiger partial charge in [-0.25, -0.2) is 9.98 Å². The Morgan fingerprint density at radius 3 is 2.52 bits per heavy atom. The lowest BCUT2D eigenvalue weighted by Gasteiger charge is -2.11. The second-order valence-electron chi connectivity index (χ2n) is 5.92. The van der Waals surface area contributed by atoms with E-state index in [4.69, 9.17) is 12.2 Å². The van der Waals surface area contributed by atoms with Crippen LogP contribution in [0.15, 0.2) is 44.9 Å². The van der Waals surface area contributed by atoms with Gasteiger partial charge in [-0.05, 0) is 30.8 Å². The van der Waals surface area contributed by atoms with Gasteiger partial charge in [0.1, 0.15) is 5.56 Å². The van der Waals surface area contributed by atoms with Gasteiger partial charge in [-0.1, -0.05) is 38.3 Å². The first kappa shape index (κ1) is 17.3. The summed E-state index contributed by atoms with van der Waals surface area (Å²) in [4.78, 5) is 23.6. The van der Waals surface area contributed by atoms with Crippen LogP contribution < -0.4 is 16.3 Å². The molecule has 7 heteroatoms. The van der Waals surface area contributed by atoms with Crippen LogP contribution >= 0.6 is 12.2 Å². The highest BCUT2D eigenvalue weighted by Gasteiger charge is 2.12. The summed E-state index contributed by atoms with van der Waals surface area (Å²) in [5, 5.41) is 12.0. The van der Waals surface area contributed by atoms with Crippen molar-refractivity contribution in [1.82, 2.24) is 9.55 Å². The van der Waals surface area contributed by atoms with Gasteiger partial charge in [0.2, 0.25) is 5.88 Å². The minimum absolute atomic E-state index is 0.124. The van der Waals surface area contributed by atoms with Crippen LogP contribution in [-0.2, 0) is 6.54 Å². The Kier molecular flexibility index (Phi) is 5.23. The molecule has 0 aliphatic carbocycles. The monoisotopic (exact) mass is 356 g/mol. The molecule has 0 spiro atoms. The highest BCUT2D eigenvalue weighted by molar-refractivity contribution is 7.71. The highest BCUT2D eigenvalue weighted by atomic mass is 32.1. The average Bonchev–Trinajstić information content (AvgIpc) is 3.00. The third kappa shape index (κ3) is 3.76. The molecule has 0 unspecified atom stereocenters. The Labute approximate surface area is 149 Å². The number of hydrogen-bond acceptors (Lipinski definition) is 5. The lowest BCUT2D eigenvalue weighted by Crippen LogP contribution is -2.19. The largest absolute Gasteiger partial charge is 0.494 e. The smallest absolute Gasteiger partial charge is 0.262 e. The van der Waals surface area contributed by atoms with Crippen LogP contribution in [0.5, 0.6) is 5.88 Å². The molecule has 0 bridgehead atoms. The van der Waals surface area contributed by atoms with E-state index in [0.717, 1.165) is 36.4 Å². The molecule has 2 aromatic rings. The van der Waals surface area contributed by atoms with Gasteiger partial charge in [0.25, 0.3) is 5.56 Å². The predicted octanol–water partition coefficient (Wildman–Crippen LogP) is 2.44. The van der Waals surface area contributed by atoms with E-state index in [9.17, 15) is 9.90 Å². The van der Waals surface area contributed by atoms with E-state index >= 15 is 0 Å². The quantitative estimate of drug-likeness (QED) is 0.616. The Hall–Kier alpha value is -2.54. The minimum atomic E-state index is -0.443. The van der Waals surface area contributed by atoms with Crippen LogP contribution in [0.4, 0.5) is 0 Å². The van der Waals surface area contributed by atoms with E-state index in [1.165, 1.54) is 6.08 Å². The van der Waals surface area contributed by atoms with Crippen LogP contribution in [0.25, 0.3) is 6.08 Å². The van der Waals surface area contributed by atoms with Crippen molar-refractivity contribution in [2.75, 3.05) is 0 Å². The number of aromatic hydroxyl groups is 1. The van der Waals surface area contributed by atoms with Crippen LogP contribution in [0, 0.1) is 4.77 Å². The number of benzene rings is 1. The topological polar surface area (TPSA) is 82.7 Å². The number of rotatable bonds is 6. The zero-order chi connectivity index (χ0) is 17.8. The fraction of sp³-hybridized carbons (Fsp3) is 0.333. The van der Waals surface area contributed by atoms with E-state index in [1.807, 2.05) is 24.3 Å². The number of aromatic amines is 1. The molecule has 1 aromatic heterocycles. The van der Waals surface area contributed by atoms with Crippen molar-refractivity contribution in [2.45, 2.75) is 39.2 Å². The Balaban J connectivity index is 1.97. The average molecular weight is 356 g/mol. The Morgan fingerprint density at radius 1 is 1.20 bits per heavy atom. The first-order chi connectivity index (χ1) is 12.1. The molecule has 1 aliphatic heterocycles. The van der Waals surface area contributed by atoms with Gasteiger partial charge >= 0.3 is 0 Å². The van der Waals surface area contributed by atoms with Gasteiger partial charge in [-0.3, -0.25) is 14.3 Å². The summed E-state index contributed by atoms with van der Waals surface area (Å²) in [5.41, 5.74) is -0.319. The van der Waals surface area contributed by atoms with Crippen molar-refractivity contribution < 1.29 is 5.11 Å². The molecule has 25 heavy (non-hydrogen) atoms. The van der Waals surface area contributed by atoms with Crippen molar-refractivity contribution in [3.05, 3.63) is 61.5 Å². The summed E-state index contributed by atoms with van der Waals surface area (Å²) in [7, 11) is 0. The van der Waals surface area contributed by atoms with E-state index in [1.54, 1.807) is 4.57 Å². The molecule has 3 rings (SSSR count). The number of nitrogens with zero attached hydrogens (tertiary/aromatic N) is 3. The van der Waals surface area contributed by atoms with Crippen molar-refractivity contribution in [1.29, 1.82) is 0 Å². The number of hydrogen-bond donors (Lipinski definition) is 2. The van der Waals surface area contributed by atoms with Crippen molar-refractivity contribution in [3.8, 4) is 5.88 Å². The molecule has 1 aliphatic rings. The van der Waals surface area contributed by atoms with Crippen LogP contribution in [0.2, 0.25) is 0 Å². The van der Waals surface area contributed by atoms with Crippen LogP contribution in [-0.4, -0.2) is 14.7 Å². The first-order valence-corrected chi connectivity index (χ1v) is 8.81. The van der Waals surface area contributed by atoms with Crippen molar-refractivity contribution >= 4 is 18.3 Å². The Morgan fingerprint density at radius 2 is 1.88 bits per heavy atom. The van der Waals surface area contributed by atoms with E-state index in [0.29, 0.717) is 12.4 Å². The Bertz CT molecular complexity index is 1010. The van der Waals surface area contributed by atoms with E-state index in [-0.39, 0.29) is 16.2 Å². The molecule has 2 heterocycles. The van der Waals surface area contributed by atoms with E-state index in [2.05, 4.69) is 21.9 Å². The number of aromatic nitrogens is 2. The molecule has 0 saturated heterocycles. The van der Waals surface area contributed by atoms with Gasteiger partial charge in [0.15, 0.2) is 10.6 Å². The lowest BCUT2D eigenvalue weighted by molar-refractivity contribution is 0.395. The third-order valence-electron chi connectivity index (χ3n) is 4.07. The standard InChI is InChI=1S/C18H20N4O2S/c1-2-3-4-7-10-22-17(24)12(16(23)21-18(22)25)11-15-19-13-8-5-6-9-14(13)20-15/h5-6,8-9,11,24H,2-4,7,10H2,1H3,(H,21,23,25). The maximum absolute atomic E-state index is 12.2. The summed E-state index contributed by atoms with van der Waals surface area (Å²) in [6, 6.07) is 7.46. The molecule has 2 N–H and O–H groups in total. The van der Waals surface area contributed by atoms with Crippen LogP contribution in [0.3, 0.4) is 0 Å². The molecule has 130 valence electrons. The third-order valence-corrected chi connectivity index (χ3v) is 4.39. The van der Waals surface area contributed by atoms with Gasteiger partial charge in [-0.15, -0.1) is 0 Å². The molecule has 0 amide bonds. The van der Waals surface area contributed by atoms with Gasteiger partial charge < -0.3 is 5.11 Å². The predicted molar refractivity (Wildman–Crippen MR) is 98.4 cm³/mol. The normalized spacial score (nSPS) is 12.4. The number of para-hydroxylation sites is 2. The summed E-state index contributed by atoms with van der Waals surface area (Å²) in [6.45, 7) is 2.70. The fourth-order valence-corrected chi connectivity index (χ4v) is 3.00. The summed E-state index contributed by atoms with van der Waals surface area (Å²) in [5.74, 6) is 0.246. The number of unbranched alkanes of at least 4 members (excludes halogenated alkanes) is 3. The van der Waals surface area contributed by atoms with Crippen LogP contribution in [0.1, 0.15) is 38.2 Å². The van der Waals surface area contributed by atoms with Crippen molar-refractivity contribution in [3.63, 3.8) is 0 Å².